The van der Waals surface area contributed by atoms with Crippen molar-refractivity contribution in [3.05, 3.63) is 35.9 Å². The predicted molar refractivity (Wildman–Crippen MR) is 55.1 cm³/mol. The molecular weight excluding hydrogens is 176 g/mol. The molecule has 0 aromatic heterocycles. The topological polar surface area (TPSA) is 18.5 Å². The van der Waals surface area contributed by atoms with E-state index in [1.165, 1.54) is 5.56 Å². The van der Waals surface area contributed by atoms with E-state index in [4.69, 9.17) is 9.47 Å². The zero-order valence-electron chi connectivity index (χ0n) is 8.64. The summed E-state index contributed by atoms with van der Waals surface area (Å²) in [5.41, 5.74) is 1.35. The van der Waals surface area contributed by atoms with Gasteiger partial charge in [-0.2, -0.15) is 0 Å². The van der Waals surface area contributed by atoms with Gasteiger partial charge in [-0.15, -0.1) is 0 Å². The average Bonchev–Trinajstić information content (AvgIpc) is 2.61. The van der Waals surface area contributed by atoms with Gasteiger partial charge in [0.15, 0.2) is 6.29 Å². The highest BCUT2D eigenvalue weighted by Gasteiger charge is 2.32. The minimum atomic E-state index is -0.0322. The summed E-state index contributed by atoms with van der Waals surface area (Å²) >= 11 is 0. The smallest absolute Gasteiger partial charge is 0.158 e. The van der Waals surface area contributed by atoms with E-state index in [0.717, 1.165) is 6.42 Å². The fourth-order valence-electron chi connectivity index (χ4n) is 2.05. The molecule has 0 radical (unpaired) electrons. The lowest BCUT2D eigenvalue weighted by molar-refractivity contribution is -0.110. The van der Waals surface area contributed by atoms with E-state index < -0.39 is 0 Å². The molecule has 1 aliphatic heterocycles. The Morgan fingerprint density at radius 2 is 2.00 bits per heavy atom. The third-order valence-corrected chi connectivity index (χ3v) is 2.87. The van der Waals surface area contributed by atoms with Crippen LogP contribution in [0.5, 0.6) is 0 Å². The van der Waals surface area contributed by atoms with Crippen LogP contribution < -0.4 is 0 Å². The van der Waals surface area contributed by atoms with Crippen molar-refractivity contribution in [2.45, 2.75) is 31.7 Å². The Balaban J connectivity index is 2.13. The van der Waals surface area contributed by atoms with Gasteiger partial charge >= 0.3 is 0 Å². The second-order valence-electron chi connectivity index (χ2n) is 3.76. The van der Waals surface area contributed by atoms with Crippen molar-refractivity contribution in [3.8, 4) is 0 Å². The Bertz CT molecular complexity index is 284. The number of ether oxygens (including phenoxy) is 2. The third kappa shape index (κ3) is 1.81. The molecule has 0 bridgehead atoms. The number of rotatable bonds is 2. The first-order valence-corrected chi connectivity index (χ1v) is 5.04. The molecule has 2 heteroatoms. The normalized spacial score (nSPS) is 32.0. The minimum Gasteiger partial charge on any atom is -0.356 e. The monoisotopic (exact) mass is 192 g/mol. The Morgan fingerprint density at radius 1 is 1.29 bits per heavy atom. The zero-order chi connectivity index (χ0) is 9.97. The molecule has 1 aromatic carbocycles. The van der Waals surface area contributed by atoms with E-state index in [2.05, 4.69) is 31.2 Å². The Kier molecular flexibility index (Phi) is 2.85. The average molecular weight is 192 g/mol. The van der Waals surface area contributed by atoms with Crippen molar-refractivity contribution in [1.29, 1.82) is 0 Å². The summed E-state index contributed by atoms with van der Waals surface area (Å²) in [7, 11) is 1.70. The Morgan fingerprint density at radius 3 is 2.57 bits per heavy atom. The fraction of sp³-hybridized carbons (Fsp3) is 0.500. The summed E-state index contributed by atoms with van der Waals surface area (Å²) in [6, 6.07) is 10.5. The van der Waals surface area contributed by atoms with Gasteiger partial charge in [-0.1, -0.05) is 30.3 Å². The summed E-state index contributed by atoms with van der Waals surface area (Å²) in [6.07, 6.45) is 1.18. The lowest BCUT2D eigenvalue weighted by Crippen LogP contribution is -2.10. The van der Waals surface area contributed by atoms with Crippen LogP contribution in [0.1, 0.15) is 24.8 Å². The van der Waals surface area contributed by atoms with Crippen LogP contribution in [0.3, 0.4) is 0 Å². The largest absolute Gasteiger partial charge is 0.356 e. The predicted octanol–water partition coefficient (Wildman–Crippen LogP) is 2.55. The van der Waals surface area contributed by atoms with E-state index in [1.807, 2.05) is 6.07 Å². The summed E-state index contributed by atoms with van der Waals surface area (Å²) in [4.78, 5) is 0. The lowest BCUT2D eigenvalue weighted by atomic mass is 9.93. The molecule has 1 heterocycles. The van der Waals surface area contributed by atoms with Crippen LogP contribution in [0.15, 0.2) is 30.3 Å². The van der Waals surface area contributed by atoms with E-state index >= 15 is 0 Å². The molecule has 1 fully saturated rings. The van der Waals surface area contributed by atoms with Crippen molar-refractivity contribution in [2.24, 2.45) is 0 Å². The number of benzene rings is 1. The summed E-state index contributed by atoms with van der Waals surface area (Å²) in [6.45, 7) is 2.11. The maximum Gasteiger partial charge on any atom is 0.158 e. The van der Waals surface area contributed by atoms with Gasteiger partial charge in [0.25, 0.3) is 0 Å². The third-order valence-electron chi connectivity index (χ3n) is 2.87. The molecule has 2 rings (SSSR count). The maximum absolute atomic E-state index is 5.66. The van der Waals surface area contributed by atoms with Gasteiger partial charge in [0.1, 0.15) is 0 Å². The summed E-state index contributed by atoms with van der Waals surface area (Å²) in [5, 5.41) is 0. The quantitative estimate of drug-likeness (QED) is 0.717. The minimum absolute atomic E-state index is 0.0322. The lowest BCUT2D eigenvalue weighted by Gasteiger charge is -2.12. The van der Waals surface area contributed by atoms with Crippen LogP contribution in [0, 0.1) is 0 Å². The van der Waals surface area contributed by atoms with Crippen LogP contribution in [0.4, 0.5) is 0 Å². The van der Waals surface area contributed by atoms with Crippen LogP contribution in [-0.4, -0.2) is 19.5 Å². The van der Waals surface area contributed by atoms with E-state index in [-0.39, 0.29) is 12.4 Å². The van der Waals surface area contributed by atoms with Crippen molar-refractivity contribution in [2.75, 3.05) is 7.11 Å². The first-order chi connectivity index (χ1) is 6.81. The van der Waals surface area contributed by atoms with Crippen LogP contribution in [-0.2, 0) is 9.47 Å². The first-order valence-electron chi connectivity index (χ1n) is 5.04. The highest BCUT2D eigenvalue weighted by atomic mass is 16.7. The summed E-state index contributed by atoms with van der Waals surface area (Å²) < 4.78 is 10.9. The standard InChI is InChI=1S/C12H16O2/c1-9-11(8-12(13-2)14-9)10-6-4-3-5-7-10/h3-7,9,11-12H,8H2,1-2H3/t9-,11?,12?/m0/s1. The van der Waals surface area contributed by atoms with Crippen molar-refractivity contribution in [1.82, 2.24) is 0 Å². The number of hydrogen-bond donors (Lipinski definition) is 0. The van der Waals surface area contributed by atoms with Gasteiger partial charge in [0.05, 0.1) is 6.10 Å². The molecule has 14 heavy (non-hydrogen) atoms. The molecule has 1 aliphatic rings. The summed E-state index contributed by atoms with van der Waals surface area (Å²) in [5.74, 6) is 0.473. The second-order valence-corrected chi connectivity index (χ2v) is 3.76. The molecule has 76 valence electrons. The molecule has 3 atom stereocenters. The van der Waals surface area contributed by atoms with Crippen LogP contribution >= 0.6 is 0 Å². The Hall–Kier alpha value is -0.860. The molecule has 1 saturated heterocycles. The maximum atomic E-state index is 5.66. The van der Waals surface area contributed by atoms with Gasteiger partial charge in [-0.3, -0.25) is 0 Å². The van der Waals surface area contributed by atoms with Gasteiger partial charge in [0, 0.05) is 19.4 Å². The Labute approximate surface area is 84.8 Å². The van der Waals surface area contributed by atoms with E-state index in [0.29, 0.717) is 5.92 Å². The van der Waals surface area contributed by atoms with Crippen LogP contribution in [0.2, 0.25) is 0 Å². The fourth-order valence-corrected chi connectivity index (χ4v) is 2.05. The molecule has 1 aromatic rings. The SMILES string of the molecule is COC1CC(c2ccccc2)[C@H](C)O1. The molecular formula is C12H16O2. The number of methoxy groups -OCH3 is 1. The van der Waals surface area contributed by atoms with Crippen molar-refractivity contribution < 1.29 is 9.47 Å². The van der Waals surface area contributed by atoms with Crippen molar-refractivity contribution >= 4 is 0 Å². The van der Waals surface area contributed by atoms with Gasteiger partial charge in [-0.25, -0.2) is 0 Å². The molecule has 2 unspecified atom stereocenters. The van der Waals surface area contributed by atoms with Crippen molar-refractivity contribution in [3.63, 3.8) is 0 Å². The van der Waals surface area contributed by atoms with E-state index in [1.54, 1.807) is 7.11 Å². The molecule has 0 saturated carbocycles. The van der Waals surface area contributed by atoms with Gasteiger partial charge in [0.2, 0.25) is 0 Å². The molecule has 2 nitrogen and oxygen atoms in total. The van der Waals surface area contributed by atoms with Crippen LogP contribution in [0.25, 0.3) is 0 Å². The van der Waals surface area contributed by atoms with Gasteiger partial charge in [-0.05, 0) is 12.5 Å². The van der Waals surface area contributed by atoms with Gasteiger partial charge < -0.3 is 9.47 Å². The molecule has 0 aliphatic carbocycles. The zero-order valence-corrected chi connectivity index (χ0v) is 8.64. The first kappa shape index (κ1) is 9.69. The second kappa shape index (κ2) is 4.11. The molecule has 0 amide bonds. The highest BCUT2D eigenvalue weighted by Crippen LogP contribution is 2.34. The van der Waals surface area contributed by atoms with E-state index in [9.17, 15) is 0 Å². The molecule has 0 N–H and O–H groups in total. The highest BCUT2D eigenvalue weighted by molar-refractivity contribution is 5.21. The number of hydrogen-bond acceptors (Lipinski definition) is 2. The molecule has 0 spiro atoms.